The highest BCUT2D eigenvalue weighted by atomic mass is 32.1. The summed E-state index contributed by atoms with van der Waals surface area (Å²) in [5, 5.41) is 15.3. The van der Waals surface area contributed by atoms with Gasteiger partial charge in [0.05, 0.1) is 28.8 Å². The first-order valence-electron chi connectivity index (χ1n) is 6.45. The molecule has 1 unspecified atom stereocenters. The minimum atomic E-state index is -0.451. The van der Waals surface area contributed by atoms with E-state index in [1.807, 2.05) is 20.8 Å². The summed E-state index contributed by atoms with van der Waals surface area (Å²) in [7, 11) is 1.42. The van der Waals surface area contributed by atoms with Gasteiger partial charge >= 0.3 is 5.69 Å². The van der Waals surface area contributed by atoms with Gasteiger partial charge in [-0.2, -0.15) is 0 Å². The maximum atomic E-state index is 11.0. The van der Waals surface area contributed by atoms with Crippen LogP contribution in [0.3, 0.4) is 0 Å². The lowest BCUT2D eigenvalue weighted by atomic mass is 10.2. The molecule has 2 rings (SSSR count). The molecule has 0 spiro atoms. The highest BCUT2D eigenvalue weighted by Gasteiger charge is 2.18. The molecular weight excluding hydrogens is 290 g/mol. The van der Waals surface area contributed by atoms with Crippen molar-refractivity contribution in [3.63, 3.8) is 0 Å². The number of aryl methyl sites for hydroxylation is 2. The summed E-state index contributed by atoms with van der Waals surface area (Å²) in [4.78, 5) is 16.2. The van der Waals surface area contributed by atoms with E-state index in [9.17, 15) is 10.1 Å². The number of hydrogen-bond donors (Lipinski definition) is 1. The molecule has 1 N–H and O–H groups in total. The summed E-state index contributed by atoms with van der Waals surface area (Å²) in [6.45, 7) is 5.97. The van der Waals surface area contributed by atoms with Gasteiger partial charge in [0.1, 0.15) is 0 Å². The average molecular weight is 307 g/mol. The van der Waals surface area contributed by atoms with Crippen molar-refractivity contribution >= 4 is 22.7 Å². The second-order valence-corrected chi connectivity index (χ2v) is 6.09. The number of methoxy groups -OCH3 is 1. The lowest BCUT2D eigenvalue weighted by Gasteiger charge is -2.14. The van der Waals surface area contributed by atoms with Crippen LogP contribution in [0.4, 0.5) is 11.4 Å². The predicted octanol–water partition coefficient (Wildman–Crippen LogP) is 3.85. The van der Waals surface area contributed by atoms with E-state index in [0.717, 1.165) is 15.6 Å². The Kier molecular flexibility index (Phi) is 4.42. The molecule has 112 valence electrons. The van der Waals surface area contributed by atoms with E-state index in [-0.39, 0.29) is 17.5 Å². The molecule has 0 saturated heterocycles. The standard InChI is InChI=1S/C14H17N3O3S/c1-8(14-9(2)21-10(3)16-14)15-11-5-6-13(20-4)12(7-11)17(18)19/h5-8,15H,1-4H3. The van der Waals surface area contributed by atoms with E-state index >= 15 is 0 Å². The van der Waals surface area contributed by atoms with Gasteiger partial charge in [0.15, 0.2) is 5.75 Å². The molecule has 7 heteroatoms. The predicted molar refractivity (Wildman–Crippen MR) is 83.3 cm³/mol. The van der Waals surface area contributed by atoms with Crippen LogP contribution < -0.4 is 10.1 Å². The minimum absolute atomic E-state index is 0.0250. The van der Waals surface area contributed by atoms with Gasteiger partial charge in [0.25, 0.3) is 0 Å². The molecule has 0 aliphatic carbocycles. The fourth-order valence-corrected chi connectivity index (χ4v) is 3.10. The number of nitrogens with one attached hydrogen (secondary N) is 1. The summed E-state index contributed by atoms with van der Waals surface area (Å²) in [6, 6.07) is 4.80. The Morgan fingerprint density at radius 3 is 2.67 bits per heavy atom. The van der Waals surface area contributed by atoms with Gasteiger partial charge in [-0.1, -0.05) is 0 Å². The van der Waals surface area contributed by atoms with E-state index in [0.29, 0.717) is 5.69 Å². The number of thiazole rings is 1. The summed E-state index contributed by atoms with van der Waals surface area (Å²) in [5.74, 6) is 0.249. The number of anilines is 1. The maximum absolute atomic E-state index is 11.0. The van der Waals surface area contributed by atoms with Crippen LogP contribution in [0, 0.1) is 24.0 Å². The normalized spacial score (nSPS) is 12.0. The summed E-state index contributed by atoms with van der Waals surface area (Å²) in [5.41, 5.74) is 1.58. The largest absolute Gasteiger partial charge is 0.490 e. The average Bonchev–Trinajstić information content (AvgIpc) is 2.77. The molecule has 0 aliphatic heterocycles. The number of nitrogens with zero attached hydrogens (tertiary/aromatic N) is 2. The third-order valence-electron chi connectivity index (χ3n) is 3.11. The Morgan fingerprint density at radius 2 is 2.14 bits per heavy atom. The number of ether oxygens (including phenoxy) is 1. The van der Waals surface area contributed by atoms with E-state index in [2.05, 4.69) is 10.3 Å². The fourth-order valence-electron chi connectivity index (χ4n) is 2.19. The Hall–Kier alpha value is -2.15. The van der Waals surface area contributed by atoms with Gasteiger partial charge in [0.2, 0.25) is 0 Å². The van der Waals surface area contributed by atoms with Crippen molar-refractivity contribution in [1.29, 1.82) is 0 Å². The highest BCUT2D eigenvalue weighted by Crippen LogP contribution is 2.32. The quantitative estimate of drug-likeness (QED) is 0.670. The van der Waals surface area contributed by atoms with Crippen molar-refractivity contribution in [3.05, 3.63) is 43.9 Å². The SMILES string of the molecule is COc1ccc(NC(C)c2nc(C)sc2C)cc1[N+](=O)[O-]. The molecule has 0 bridgehead atoms. The van der Waals surface area contributed by atoms with Crippen molar-refractivity contribution in [3.8, 4) is 5.75 Å². The number of rotatable bonds is 5. The molecule has 0 saturated carbocycles. The van der Waals surface area contributed by atoms with E-state index < -0.39 is 4.92 Å². The summed E-state index contributed by atoms with van der Waals surface area (Å²) in [6.07, 6.45) is 0. The van der Waals surface area contributed by atoms with Crippen LogP contribution >= 0.6 is 11.3 Å². The fraction of sp³-hybridized carbons (Fsp3) is 0.357. The lowest BCUT2D eigenvalue weighted by molar-refractivity contribution is -0.385. The van der Waals surface area contributed by atoms with Crippen LogP contribution in [-0.4, -0.2) is 17.0 Å². The topological polar surface area (TPSA) is 77.3 Å². The zero-order valence-electron chi connectivity index (χ0n) is 12.3. The van der Waals surface area contributed by atoms with Crippen molar-refractivity contribution in [2.24, 2.45) is 0 Å². The van der Waals surface area contributed by atoms with Gasteiger partial charge in [-0.05, 0) is 32.9 Å². The molecule has 0 amide bonds. The van der Waals surface area contributed by atoms with Crippen molar-refractivity contribution in [2.45, 2.75) is 26.8 Å². The van der Waals surface area contributed by atoms with E-state index in [1.165, 1.54) is 13.2 Å². The van der Waals surface area contributed by atoms with Crippen LogP contribution in [0.15, 0.2) is 18.2 Å². The molecule has 1 aromatic carbocycles. The molecule has 6 nitrogen and oxygen atoms in total. The van der Waals surface area contributed by atoms with Crippen LogP contribution in [0.5, 0.6) is 5.75 Å². The Bertz CT molecular complexity index is 669. The van der Waals surface area contributed by atoms with E-state index in [1.54, 1.807) is 23.5 Å². The van der Waals surface area contributed by atoms with Gasteiger partial charge in [-0.25, -0.2) is 4.98 Å². The third-order valence-corrected chi connectivity index (χ3v) is 4.01. The first kappa shape index (κ1) is 15.2. The van der Waals surface area contributed by atoms with E-state index in [4.69, 9.17) is 4.74 Å². The third kappa shape index (κ3) is 3.30. The molecule has 2 aromatic rings. The zero-order chi connectivity index (χ0) is 15.6. The number of benzene rings is 1. The summed E-state index contributed by atoms with van der Waals surface area (Å²) < 4.78 is 4.99. The highest BCUT2D eigenvalue weighted by molar-refractivity contribution is 7.11. The van der Waals surface area contributed by atoms with Gasteiger partial charge in [-0.15, -0.1) is 11.3 Å². The molecule has 1 aromatic heterocycles. The first-order chi connectivity index (χ1) is 9.92. The number of hydrogen-bond acceptors (Lipinski definition) is 6. The molecule has 21 heavy (non-hydrogen) atoms. The van der Waals surface area contributed by atoms with Crippen molar-refractivity contribution in [1.82, 2.24) is 4.98 Å². The molecule has 1 heterocycles. The van der Waals surface area contributed by atoms with Gasteiger partial charge in [-0.3, -0.25) is 10.1 Å². The van der Waals surface area contributed by atoms with Gasteiger partial charge < -0.3 is 10.1 Å². The second-order valence-electron chi connectivity index (χ2n) is 4.68. The van der Waals surface area contributed by atoms with Crippen LogP contribution in [0.25, 0.3) is 0 Å². The Balaban J connectivity index is 2.25. The van der Waals surface area contributed by atoms with Crippen LogP contribution in [0.2, 0.25) is 0 Å². The molecule has 0 fully saturated rings. The zero-order valence-corrected chi connectivity index (χ0v) is 13.2. The molecule has 0 radical (unpaired) electrons. The van der Waals surface area contributed by atoms with Crippen molar-refractivity contribution < 1.29 is 9.66 Å². The smallest absolute Gasteiger partial charge is 0.312 e. The number of nitro groups is 1. The number of nitro benzene ring substituents is 1. The Morgan fingerprint density at radius 1 is 1.43 bits per heavy atom. The summed E-state index contributed by atoms with van der Waals surface area (Å²) >= 11 is 1.64. The number of aromatic nitrogens is 1. The van der Waals surface area contributed by atoms with Crippen LogP contribution in [0.1, 0.15) is 28.5 Å². The second kappa shape index (κ2) is 6.09. The maximum Gasteiger partial charge on any atom is 0.312 e. The minimum Gasteiger partial charge on any atom is -0.490 e. The Labute approximate surface area is 126 Å². The molecule has 0 aliphatic rings. The van der Waals surface area contributed by atoms with Gasteiger partial charge in [0, 0.05) is 16.6 Å². The van der Waals surface area contributed by atoms with Crippen molar-refractivity contribution in [2.75, 3.05) is 12.4 Å². The lowest BCUT2D eigenvalue weighted by Crippen LogP contribution is -2.08. The van der Waals surface area contributed by atoms with Crippen LogP contribution in [-0.2, 0) is 0 Å². The molecular formula is C14H17N3O3S. The molecule has 1 atom stereocenters. The first-order valence-corrected chi connectivity index (χ1v) is 7.27. The monoisotopic (exact) mass is 307 g/mol.